The van der Waals surface area contributed by atoms with Gasteiger partial charge in [-0.3, -0.25) is 9.59 Å². The minimum atomic E-state index is -0.281. The highest BCUT2D eigenvalue weighted by molar-refractivity contribution is 6.30. The number of hydrogen-bond acceptors (Lipinski definition) is 4. The second-order valence-corrected chi connectivity index (χ2v) is 6.92. The molecule has 0 aliphatic carbocycles. The molecule has 1 aromatic carbocycles. The van der Waals surface area contributed by atoms with Gasteiger partial charge in [-0.1, -0.05) is 29.8 Å². The highest BCUT2D eigenvalue weighted by Crippen LogP contribution is 2.23. The van der Waals surface area contributed by atoms with Crippen LogP contribution in [0.15, 0.2) is 47.3 Å². The number of aryl methyl sites for hydroxylation is 1. The lowest BCUT2D eigenvalue weighted by Gasteiger charge is -2.12. The van der Waals surface area contributed by atoms with Crippen molar-refractivity contribution < 1.29 is 4.79 Å². The van der Waals surface area contributed by atoms with E-state index in [9.17, 15) is 9.59 Å². The first-order valence-electron chi connectivity index (χ1n) is 8.75. The minimum absolute atomic E-state index is 0.0104. The highest BCUT2D eigenvalue weighted by Gasteiger charge is 2.29. The van der Waals surface area contributed by atoms with Gasteiger partial charge in [0.15, 0.2) is 0 Å². The molecule has 0 spiro atoms. The summed E-state index contributed by atoms with van der Waals surface area (Å²) in [4.78, 5) is 24.1. The van der Waals surface area contributed by atoms with Gasteiger partial charge in [-0.15, -0.1) is 0 Å². The number of halogens is 1. The van der Waals surface area contributed by atoms with Crippen LogP contribution in [0.2, 0.25) is 5.02 Å². The van der Waals surface area contributed by atoms with E-state index in [1.165, 1.54) is 0 Å². The molecule has 2 atom stereocenters. The number of nitrogens with zero attached hydrogens (tertiary/aromatic N) is 1. The maximum Gasteiger partial charge on any atom is 0.250 e. The molecule has 0 bridgehead atoms. The van der Waals surface area contributed by atoms with E-state index in [1.807, 2.05) is 37.3 Å². The normalized spacial score (nSPS) is 19.5. The Labute approximate surface area is 157 Å². The molecule has 1 aromatic heterocycles. The van der Waals surface area contributed by atoms with Crippen LogP contribution in [0.1, 0.15) is 30.1 Å². The Bertz CT molecular complexity index is 819. The molecular weight excluding hydrogens is 352 g/mol. The maximum absolute atomic E-state index is 12.3. The molecule has 3 rings (SSSR count). The number of carbonyl (C=O) groups is 1. The van der Waals surface area contributed by atoms with Gasteiger partial charge in [0.05, 0.1) is 0 Å². The van der Waals surface area contributed by atoms with E-state index in [4.69, 9.17) is 11.6 Å². The first kappa shape index (κ1) is 18.6. The fraction of sp³-hybridized carbons (Fsp3) is 0.368. The van der Waals surface area contributed by atoms with Gasteiger partial charge < -0.3 is 9.88 Å². The number of hydrogen-bond donors (Lipinski definition) is 3. The first-order valence-corrected chi connectivity index (χ1v) is 9.13. The lowest BCUT2D eigenvalue weighted by atomic mass is 10.0. The van der Waals surface area contributed by atoms with Gasteiger partial charge in [-0.25, -0.2) is 10.9 Å². The lowest BCUT2D eigenvalue weighted by Crippen LogP contribution is -2.43. The SMILES string of the molecule is Cc1cccc(=O)n1CCCNC(=O)C1CC(c2ccc(Cl)cc2)NN1. The third-order valence-corrected chi connectivity index (χ3v) is 4.87. The van der Waals surface area contributed by atoms with Crippen LogP contribution in [0, 0.1) is 6.92 Å². The summed E-state index contributed by atoms with van der Waals surface area (Å²) in [6.07, 6.45) is 1.38. The van der Waals surface area contributed by atoms with Gasteiger partial charge in [0.1, 0.15) is 6.04 Å². The Morgan fingerprint density at radius 2 is 2.00 bits per heavy atom. The van der Waals surface area contributed by atoms with E-state index in [-0.39, 0.29) is 23.6 Å². The fourth-order valence-corrected chi connectivity index (χ4v) is 3.25. The van der Waals surface area contributed by atoms with Crippen molar-refractivity contribution >= 4 is 17.5 Å². The number of hydrazine groups is 1. The average Bonchev–Trinajstić information content (AvgIpc) is 3.11. The third kappa shape index (κ3) is 4.52. The topological polar surface area (TPSA) is 75.2 Å². The number of carbonyl (C=O) groups excluding carboxylic acids is 1. The molecule has 7 heteroatoms. The van der Waals surface area contributed by atoms with Gasteiger partial charge in [-0.05, 0) is 43.5 Å². The fourth-order valence-electron chi connectivity index (χ4n) is 3.12. The molecule has 1 aliphatic rings. The summed E-state index contributed by atoms with van der Waals surface area (Å²) in [7, 11) is 0. The third-order valence-electron chi connectivity index (χ3n) is 4.62. The zero-order chi connectivity index (χ0) is 18.5. The minimum Gasteiger partial charge on any atom is -0.355 e. The summed E-state index contributed by atoms with van der Waals surface area (Å²) in [5, 5.41) is 3.63. The standard InChI is InChI=1S/C19H23ClN4O2/c1-13-4-2-5-18(25)24(13)11-3-10-21-19(26)17-12-16(22-23-17)14-6-8-15(20)9-7-14/h2,4-9,16-17,22-23H,3,10-12H2,1H3,(H,21,26). The number of pyridine rings is 1. The van der Waals surface area contributed by atoms with Crippen molar-refractivity contribution in [2.24, 2.45) is 0 Å². The maximum atomic E-state index is 12.3. The van der Waals surface area contributed by atoms with E-state index in [0.717, 1.165) is 11.3 Å². The molecule has 1 aliphatic heterocycles. The lowest BCUT2D eigenvalue weighted by molar-refractivity contribution is -0.122. The summed E-state index contributed by atoms with van der Waals surface area (Å²) < 4.78 is 1.72. The van der Waals surface area contributed by atoms with Crippen LogP contribution in [0.5, 0.6) is 0 Å². The van der Waals surface area contributed by atoms with Crippen LogP contribution in [0.25, 0.3) is 0 Å². The zero-order valence-corrected chi connectivity index (χ0v) is 15.4. The van der Waals surface area contributed by atoms with Gasteiger partial charge in [0.2, 0.25) is 5.91 Å². The molecule has 2 heterocycles. The molecule has 0 saturated carbocycles. The van der Waals surface area contributed by atoms with E-state index >= 15 is 0 Å². The van der Waals surface area contributed by atoms with Gasteiger partial charge in [0.25, 0.3) is 5.56 Å². The molecule has 1 fully saturated rings. The van der Waals surface area contributed by atoms with Crippen molar-refractivity contribution in [3.63, 3.8) is 0 Å². The van der Waals surface area contributed by atoms with Crippen molar-refractivity contribution in [3.8, 4) is 0 Å². The van der Waals surface area contributed by atoms with E-state index in [2.05, 4.69) is 16.2 Å². The largest absolute Gasteiger partial charge is 0.355 e. The van der Waals surface area contributed by atoms with Gasteiger partial charge in [0, 0.05) is 35.9 Å². The van der Waals surface area contributed by atoms with E-state index in [0.29, 0.717) is 31.0 Å². The number of rotatable bonds is 6. The van der Waals surface area contributed by atoms with Gasteiger partial charge >= 0.3 is 0 Å². The summed E-state index contributed by atoms with van der Waals surface area (Å²) in [6, 6.07) is 12.6. The van der Waals surface area contributed by atoms with Crippen molar-refractivity contribution in [2.75, 3.05) is 6.54 Å². The second kappa shape index (κ2) is 8.49. The van der Waals surface area contributed by atoms with Crippen molar-refractivity contribution in [1.82, 2.24) is 20.7 Å². The number of nitrogens with one attached hydrogen (secondary N) is 3. The molecule has 3 N–H and O–H groups in total. The van der Waals surface area contributed by atoms with Crippen LogP contribution < -0.4 is 21.7 Å². The monoisotopic (exact) mass is 374 g/mol. The average molecular weight is 375 g/mol. The Morgan fingerprint density at radius 3 is 2.73 bits per heavy atom. The number of amides is 1. The Balaban J connectivity index is 1.44. The first-order chi connectivity index (χ1) is 12.5. The highest BCUT2D eigenvalue weighted by atomic mass is 35.5. The summed E-state index contributed by atoms with van der Waals surface area (Å²) in [5.74, 6) is -0.0360. The van der Waals surface area contributed by atoms with Crippen LogP contribution in [-0.2, 0) is 11.3 Å². The van der Waals surface area contributed by atoms with Crippen molar-refractivity contribution in [3.05, 3.63) is 69.1 Å². The molecule has 0 radical (unpaired) electrons. The molecule has 2 aromatic rings. The van der Waals surface area contributed by atoms with Crippen LogP contribution >= 0.6 is 11.6 Å². The Hall–Kier alpha value is -2.15. The summed E-state index contributed by atoms with van der Waals surface area (Å²) >= 11 is 5.91. The molecular formula is C19H23ClN4O2. The summed E-state index contributed by atoms with van der Waals surface area (Å²) in [5.41, 5.74) is 8.21. The van der Waals surface area contributed by atoms with Crippen molar-refractivity contribution in [2.45, 2.75) is 38.4 Å². The quantitative estimate of drug-likeness (QED) is 0.675. The van der Waals surface area contributed by atoms with E-state index in [1.54, 1.807) is 16.7 Å². The predicted octanol–water partition coefficient (Wildman–Crippen LogP) is 1.92. The molecule has 1 saturated heterocycles. The molecule has 138 valence electrons. The second-order valence-electron chi connectivity index (χ2n) is 6.48. The Kier molecular flexibility index (Phi) is 6.08. The van der Waals surface area contributed by atoms with Gasteiger partial charge in [-0.2, -0.15) is 0 Å². The summed E-state index contributed by atoms with van der Waals surface area (Å²) in [6.45, 7) is 3.03. The zero-order valence-electron chi connectivity index (χ0n) is 14.7. The Morgan fingerprint density at radius 1 is 1.23 bits per heavy atom. The smallest absolute Gasteiger partial charge is 0.250 e. The molecule has 26 heavy (non-hydrogen) atoms. The number of benzene rings is 1. The van der Waals surface area contributed by atoms with E-state index < -0.39 is 0 Å². The molecule has 1 amide bonds. The molecule has 6 nitrogen and oxygen atoms in total. The predicted molar refractivity (Wildman–Crippen MR) is 102 cm³/mol. The van der Waals surface area contributed by atoms with Crippen LogP contribution in [0.4, 0.5) is 0 Å². The molecule has 2 unspecified atom stereocenters. The number of aromatic nitrogens is 1. The van der Waals surface area contributed by atoms with Crippen LogP contribution in [0.3, 0.4) is 0 Å². The van der Waals surface area contributed by atoms with Crippen molar-refractivity contribution in [1.29, 1.82) is 0 Å². The van der Waals surface area contributed by atoms with Crippen LogP contribution in [-0.4, -0.2) is 23.1 Å².